The maximum absolute atomic E-state index is 12.0. The van der Waals surface area contributed by atoms with Gasteiger partial charge in [-0.3, -0.25) is 0 Å². The minimum atomic E-state index is -4.12. The lowest BCUT2D eigenvalue weighted by Crippen LogP contribution is -2.48. The number of nitrogens with two attached hydrogens (primary N) is 1. The highest BCUT2D eigenvalue weighted by Gasteiger charge is 2.40. The molecule has 0 bridgehead atoms. The summed E-state index contributed by atoms with van der Waals surface area (Å²) in [6, 6.07) is 0. The van der Waals surface area contributed by atoms with Gasteiger partial charge >= 0.3 is 6.18 Å². The molecule has 0 aliphatic carbocycles. The highest BCUT2D eigenvalue weighted by molar-refractivity contribution is 7.99. The van der Waals surface area contributed by atoms with Crippen LogP contribution in [0.2, 0.25) is 0 Å². The summed E-state index contributed by atoms with van der Waals surface area (Å²) in [6.07, 6.45) is -3.66. The van der Waals surface area contributed by atoms with Crippen LogP contribution in [-0.2, 0) is 0 Å². The summed E-state index contributed by atoms with van der Waals surface area (Å²) in [5.41, 5.74) is 4.61. The van der Waals surface area contributed by atoms with Crippen molar-refractivity contribution < 1.29 is 13.2 Å². The summed E-state index contributed by atoms with van der Waals surface area (Å²) in [5, 5.41) is 0. The second-order valence-corrected chi connectivity index (χ2v) is 4.42. The molecule has 1 heterocycles. The van der Waals surface area contributed by atoms with E-state index in [4.69, 9.17) is 5.73 Å². The van der Waals surface area contributed by atoms with E-state index >= 15 is 0 Å². The number of hydrogen-bond acceptors (Lipinski definition) is 2. The Morgan fingerprint density at radius 2 is 2.08 bits per heavy atom. The lowest BCUT2D eigenvalue weighted by atomic mass is 9.92. The molecule has 0 aromatic heterocycles. The quantitative estimate of drug-likeness (QED) is 0.700. The van der Waals surface area contributed by atoms with E-state index in [9.17, 15) is 13.2 Å². The second-order valence-electron chi connectivity index (χ2n) is 3.31. The smallest absolute Gasteiger partial charge is 0.324 e. The molecule has 1 aliphatic heterocycles. The van der Waals surface area contributed by atoms with E-state index in [0.717, 1.165) is 12.2 Å². The third-order valence-corrected chi connectivity index (χ3v) is 3.26. The van der Waals surface area contributed by atoms with Gasteiger partial charge in [-0.1, -0.05) is 0 Å². The molecular weight excluding hydrogens is 187 g/mol. The zero-order chi connectivity index (χ0) is 9.24. The minimum absolute atomic E-state index is 0.437. The molecule has 1 saturated heterocycles. The Morgan fingerprint density at radius 3 is 2.50 bits per heavy atom. The van der Waals surface area contributed by atoms with Gasteiger partial charge in [0.1, 0.15) is 0 Å². The Morgan fingerprint density at radius 1 is 1.42 bits per heavy atom. The van der Waals surface area contributed by atoms with Gasteiger partial charge < -0.3 is 5.73 Å². The van der Waals surface area contributed by atoms with Crippen LogP contribution in [0, 0.1) is 0 Å². The molecule has 5 heteroatoms. The molecule has 1 atom stereocenters. The third kappa shape index (κ3) is 3.23. The molecule has 0 radical (unpaired) electrons. The zero-order valence-corrected chi connectivity index (χ0v) is 7.47. The van der Waals surface area contributed by atoms with Crippen LogP contribution in [0.3, 0.4) is 0 Å². The van der Waals surface area contributed by atoms with Gasteiger partial charge in [0, 0.05) is 11.3 Å². The zero-order valence-electron chi connectivity index (χ0n) is 6.66. The molecule has 1 nitrogen and oxygen atoms in total. The molecular formula is C7H12F3NS. The fraction of sp³-hybridized carbons (Fsp3) is 1.00. The van der Waals surface area contributed by atoms with Crippen LogP contribution in [0.15, 0.2) is 0 Å². The lowest BCUT2D eigenvalue weighted by molar-refractivity contribution is -0.146. The Hall–Kier alpha value is 0.100. The number of thioether (sulfide) groups is 1. The largest absolute Gasteiger partial charge is 0.390 e. The van der Waals surface area contributed by atoms with Crippen molar-refractivity contribution in [3.63, 3.8) is 0 Å². The molecule has 1 unspecified atom stereocenters. The molecule has 0 amide bonds. The van der Waals surface area contributed by atoms with Crippen LogP contribution in [0.4, 0.5) is 13.2 Å². The van der Waals surface area contributed by atoms with E-state index in [1.54, 1.807) is 0 Å². The predicted molar refractivity (Wildman–Crippen MR) is 44.1 cm³/mol. The Bertz CT molecular complexity index is 151. The van der Waals surface area contributed by atoms with Crippen LogP contribution >= 0.6 is 11.8 Å². The van der Waals surface area contributed by atoms with E-state index in [1.165, 1.54) is 11.8 Å². The summed E-state index contributed by atoms with van der Waals surface area (Å²) in [6.45, 7) is 0. The van der Waals surface area contributed by atoms with Crippen LogP contribution in [0.25, 0.3) is 0 Å². The summed E-state index contributed by atoms with van der Waals surface area (Å²) in [5.74, 6) is 1.38. The molecule has 0 aromatic carbocycles. The third-order valence-electron chi connectivity index (χ3n) is 1.91. The first-order valence-electron chi connectivity index (χ1n) is 3.85. The highest BCUT2D eigenvalue weighted by Crippen LogP contribution is 2.34. The maximum Gasteiger partial charge on any atom is 0.390 e. The normalized spacial score (nSPS) is 32.0. The summed E-state index contributed by atoms with van der Waals surface area (Å²) in [7, 11) is 0. The fourth-order valence-electron chi connectivity index (χ4n) is 1.41. The molecule has 1 rings (SSSR count). The van der Waals surface area contributed by atoms with Crippen molar-refractivity contribution >= 4 is 11.8 Å². The van der Waals surface area contributed by atoms with Gasteiger partial charge in [-0.25, -0.2) is 0 Å². The van der Waals surface area contributed by atoms with Gasteiger partial charge in [-0.15, -0.1) is 0 Å². The maximum atomic E-state index is 12.0. The topological polar surface area (TPSA) is 26.0 Å². The van der Waals surface area contributed by atoms with Crippen molar-refractivity contribution in [3.8, 4) is 0 Å². The summed E-state index contributed by atoms with van der Waals surface area (Å²) < 4.78 is 36.0. The van der Waals surface area contributed by atoms with Crippen molar-refractivity contribution in [2.75, 3.05) is 11.5 Å². The molecule has 0 saturated carbocycles. The molecule has 2 N–H and O–H groups in total. The Balaban J connectivity index is 2.47. The first kappa shape index (κ1) is 10.2. The van der Waals surface area contributed by atoms with Crippen LogP contribution in [-0.4, -0.2) is 23.2 Å². The number of rotatable bonds is 1. The highest BCUT2D eigenvalue weighted by atomic mass is 32.2. The molecule has 12 heavy (non-hydrogen) atoms. The van der Waals surface area contributed by atoms with Crippen LogP contribution in [0.1, 0.15) is 19.3 Å². The first-order chi connectivity index (χ1) is 5.41. The van der Waals surface area contributed by atoms with Crippen LogP contribution < -0.4 is 5.73 Å². The van der Waals surface area contributed by atoms with E-state index in [-0.39, 0.29) is 0 Å². The Labute approximate surface area is 73.9 Å². The minimum Gasteiger partial charge on any atom is -0.324 e. The van der Waals surface area contributed by atoms with E-state index in [0.29, 0.717) is 12.2 Å². The number of alkyl halides is 3. The van der Waals surface area contributed by atoms with Gasteiger partial charge in [-0.05, 0) is 18.6 Å². The van der Waals surface area contributed by atoms with Crippen molar-refractivity contribution in [2.24, 2.45) is 5.73 Å². The first-order valence-corrected chi connectivity index (χ1v) is 5.00. The lowest BCUT2D eigenvalue weighted by Gasteiger charge is -2.33. The standard InChI is InChI=1S/C7H12F3NS/c8-7(9,10)4-6(11)2-1-3-12-5-6/h1-5,11H2. The van der Waals surface area contributed by atoms with E-state index < -0.39 is 18.1 Å². The van der Waals surface area contributed by atoms with Crippen molar-refractivity contribution in [2.45, 2.75) is 31.0 Å². The van der Waals surface area contributed by atoms with E-state index in [1.807, 2.05) is 0 Å². The Kier molecular flexibility index (Phi) is 2.93. The number of halogens is 3. The molecule has 72 valence electrons. The fourth-order valence-corrected chi connectivity index (χ4v) is 2.56. The monoisotopic (exact) mass is 199 g/mol. The predicted octanol–water partition coefficient (Wildman–Crippen LogP) is 2.16. The molecule has 0 spiro atoms. The average Bonchev–Trinajstić information content (AvgIpc) is 1.83. The second kappa shape index (κ2) is 3.46. The van der Waals surface area contributed by atoms with Crippen molar-refractivity contribution in [1.29, 1.82) is 0 Å². The summed E-state index contributed by atoms with van der Waals surface area (Å²) >= 11 is 1.52. The van der Waals surface area contributed by atoms with E-state index in [2.05, 4.69) is 0 Å². The van der Waals surface area contributed by atoms with Gasteiger partial charge in [0.2, 0.25) is 0 Å². The summed E-state index contributed by atoms with van der Waals surface area (Å²) in [4.78, 5) is 0. The molecule has 1 fully saturated rings. The van der Waals surface area contributed by atoms with Crippen molar-refractivity contribution in [1.82, 2.24) is 0 Å². The number of hydrogen-bond donors (Lipinski definition) is 1. The molecule has 0 aromatic rings. The van der Waals surface area contributed by atoms with Gasteiger partial charge in [0.05, 0.1) is 6.42 Å². The van der Waals surface area contributed by atoms with Gasteiger partial charge in [0.25, 0.3) is 0 Å². The SMILES string of the molecule is NC1(CC(F)(F)F)CCCSC1. The average molecular weight is 199 g/mol. The van der Waals surface area contributed by atoms with Gasteiger partial charge in [0.15, 0.2) is 0 Å². The molecule has 1 aliphatic rings. The van der Waals surface area contributed by atoms with Gasteiger partial charge in [-0.2, -0.15) is 24.9 Å². The van der Waals surface area contributed by atoms with Crippen molar-refractivity contribution in [3.05, 3.63) is 0 Å². The van der Waals surface area contributed by atoms with Crippen LogP contribution in [0.5, 0.6) is 0 Å².